The Morgan fingerprint density at radius 3 is 2.33 bits per heavy atom. The predicted octanol–water partition coefficient (Wildman–Crippen LogP) is 6.13. The van der Waals surface area contributed by atoms with Crippen molar-refractivity contribution in [1.29, 1.82) is 0 Å². The smallest absolute Gasteiger partial charge is 0.201 e. The van der Waals surface area contributed by atoms with Crippen molar-refractivity contribution in [1.82, 2.24) is 0 Å². The van der Waals surface area contributed by atoms with E-state index in [-0.39, 0.29) is 6.10 Å². The number of fused-ring (bicyclic) bond motifs is 1. The van der Waals surface area contributed by atoms with Gasteiger partial charge in [0.25, 0.3) is 0 Å². The summed E-state index contributed by atoms with van der Waals surface area (Å²) in [7, 11) is 0. The number of hydrogen-bond acceptors (Lipinski definition) is 3. The number of rotatable bonds is 4. The van der Waals surface area contributed by atoms with Gasteiger partial charge in [0.15, 0.2) is 11.5 Å². The first-order chi connectivity index (χ1) is 10.1. The van der Waals surface area contributed by atoms with Crippen molar-refractivity contribution in [2.24, 2.45) is 0 Å². The van der Waals surface area contributed by atoms with Gasteiger partial charge in [-0.15, -0.1) is 0 Å². The zero-order valence-corrected chi connectivity index (χ0v) is 13.4. The molecule has 0 saturated heterocycles. The quantitative estimate of drug-likeness (QED) is 0.575. The summed E-state index contributed by atoms with van der Waals surface area (Å²) >= 11 is 7.95. The molecule has 108 valence electrons. The first-order valence-electron chi connectivity index (χ1n) is 6.75. The molecule has 1 heterocycles. The minimum absolute atomic E-state index is 0.0904. The van der Waals surface area contributed by atoms with E-state index in [1.54, 1.807) is 0 Å². The molecule has 4 heteroatoms. The van der Waals surface area contributed by atoms with E-state index in [9.17, 15) is 0 Å². The number of para-hydroxylation sites is 2. The van der Waals surface area contributed by atoms with Crippen LogP contribution in [0.15, 0.2) is 48.5 Å². The second-order valence-electron chi connectivity index (χ2n) is 4.92. The number of thiophene rings is 1. The Morgan fingerprint density at radius 1 is 0.952 bits per heavy atom. The van der Waals surface area contributed by atoms with Gasteiger partial charge >= 0.3 is 0 Å². The Balaban J connectivity index is 1.97. The van der Waals surface area contributed by atoms with Gasteiger partial charge in [-0.3, -0.25) is 0 Å². The third kappa shape index (κ3) is 2.99. The average molecular weight is 319 g/mol. The molecule has 0 fully saturated rings. The van der Waals surface area contributed by atoms with Gasteiger partial charge in [0.1, 0.15) is 5.02 Å². The van der Waals surface area contributed by atoms with Crippen LogP contribution in [0.2, 0.25) is 5.02 Å². The molecule has 0 spiro atoms. The Kier molecular flexibility index (Phi) is 4.04. The molecular formula is C17H15ClO2S. The fourth-order valence-electron chi connectivity index (χ4n) is 2.04. The number of halogens is 1. The molecule has 0 radical (unpaired) electrons. The zero-order chi connectivity index (χ0) is 14.8. The van der Waals surface area contributed by atoms with E-state index in [2.05, 4.69) is 0 Å². The van der Waals surface area contributed by atoms with Crippen LogP contribution in [0, 0.1) is 0 Å². The largest absolute Gasteiger partial charge is 0.487 e. The SMILES string of the molecule is CC(C)Oc1ccccc1Oc1sc2ccccc2c1Cl. The molecule has 2 nitrogen and oxygen atoms in total. The van der Waals surface area contributed by atoms with Crippen LogP contribution in [0.1, 0.15) is 13.8 Å². The van der Waals surface area contributed by atoms with Crippen molar-refractivity contribution >= 4 is 33.0 Å². The predicted molar refractivity (Wildman–Crippen MR) is 89.1 cm³/mol. The van der Waals surface area contributed by atoms with E-state index in [0.717, 1.165) is 15.8 Å². The van der Waals surface area contributed by atoms with Crippen LogP contribution < -0.4 is 9.47 Å². The summed E-state index contributed by atoms with van der Waals surface area (Å²) in [5, 5.41) is 2.36. The molecule has 0 aliphatic carbocycles. The highest BCUT2D eigenvalue weighted by Crippen LogP contribution is 2.44. The van der Waals surface area contributed by atoms with E-state index in [4.69, 9.17) is 21.1 Å². The summed E-state index contributed by atoms with van der Waals surface area (Å²) < 4.78 is 12.9. The molecule has 0 bridgehead atoms. The van der Waals surface area contributed by atoms with Crippen LogP contribution >= 0.6 is 22.9 Å². The molecule has 2 aromatic carbocycles. The Morgan fingerprint density at radius 2 is 1.62 bits per heavy atom. The molecular weight excluding hydrogens is 304 g/mol. The molecule has 0 atom stereocenters. The van der Waals surface area contributed by atoms with Crippen LogP contribution in [-0.2, 0) is 0 Å². The lowest BCUT2D eigenvalue weighted by atomic mass is 10.3. The van der Waals surface area contributed by atoms with Crippen molar-refractivity contribution in [2.45, 2.75) is 20.0 Å². The van der Waals surface area contributed by atoms with E-state index >= 15 is 0 Å². The first-order valence-corrected chi connectivity index (χ1v) is 7.95. The molecule has 0 unspecified atom stereocenters. The number of benzene rings is 2. The van der Waals surface area contributed by atoms with Crippen LogP contribution in [0.3, 0.4) is 0 Å². The van der Waals surface area contributed by atoms with Crippen molar-refractivity contribution in [3.8, 4) is 16.6 Å². The highest BCUT2D eigenvalue weighted by Gasteiger charge is 2.14. The summed E-state index contributed by atoms with van der Waals surface area (Å²) in [6.07, 6.45) is 0.0904. The maximum atomic E-state index is 6.41. The summed E-state index contributed by atoms with van der Waals surface area (Å²) in [4.78, 5) is 0. The third-order valence-electron chi connectivity index (χ3n) is 2.92. The lowest BCUT2D eigenvalue weighted by Gasteiger charge is -2.13. The second-order valence-corrected chi connectivity index (χ2v) is 6.31. The topological polar surface area (TPSA) is 18.5 Å². The van der Waals surface area contributed by atoms with Crippen molar-refractivity contribution < 1.29 is 9.47 Å². The van der Waals surface area contributed by atoms with Gasteiger partial charge in [0, 0.05) is 10.1 Å². The lowest BCUT2D eigenvalue weighted by molar-refractivity contribution is 0.234. The van der Waals surface area contributed by atoms with Crippen LogP contribution in [-0.4, -0.2) is 6.10 Å². The minimum Gasteiger partial charge on any atom is -0.487 e. The van der Waals surface area contributed by atoms with Crippen molar-refractivity contribution in [2.75, 3.05) is 0 Å². The fourth-order valence-corrected chi connectivity index (χ4v) is 3.38. The van der Waals surface area contributed by atoms with Gasteiger partial charge < -0.3 is 9.47 Å². The van der Waals surface area contributed by atoms with Gasteiger partial charge in [-0.2, -0.15) is 0 Å². The second kappa shape index (κ2) is 5.96. The van der Waals surface area contributed by atoms with Gasteiger partial charge in [-0.1, -0.05) is 53.3 Å². The molecule has 0 aliphatic heterocycles. The standard InChI is InChI=1S/C17H15ClO2S/c1-11(2)19-13-8-4-5-9-14(13)20-17-16(18)12-7-3-6-10-15(12)21-17/h3-11H,1-2H3. The van der Waals surface area contributed by atoms with E-state index in [1.807, 2.05) is 62.4 Å². The molecule has 3 rings (SSSR count). The van der Waals surface area contributed by atoms with Gasteiger partial charge in [-0.05, 0) is 32.0 Å². The maximum Gasteiger partial charge on any atom is 0.201 e. The number of ether oxygens (including phenoxy) is 2. The number of hydrogen-bond donors (Lipinski definition) is 0. The van der Waals surface area contributed by atoms with Crippen LogP contribution in [0.4, 0.5) is 0 Å². The van der Waals surface area contributed by atoms with Gasteiger partial charge in [-0.25, -0.2) is 0 Å². The molecule has 0 amide bonds. The third-order valence-corrected chi connectivity index (χ3v) is 4.46. The summed E-state index contributed by atoms with van der Waals surface area (Å²) in [6, 6.07) is 15.6. The monoisotopic (exact) mass is 318 g/mol. The Hall–Kier alpha value is -1.71. The minimum atomic E-state index is 0.0904. The molecule has 0 saturated carbocycles. The first kappa shape index (κ1) is 14.2. The molecule has 1 aromatic heterocycles. The highest BCUT2D eigenvalue weighted by molar-refractivity contribution is 7.21. The van der Waals surface area contributed by atoms with E-state index < -0.39 is 0 Å². The molecule has 21 heavy (non-hydrogen) atoms. The summed E-state index contributed by atoms with van der Waals surface area (Å²) in [6.45, 7) is 3.98. The van der Waals surface area contributed by atoms with Crippen molar-refractivity contribution in [3.05, 3.63) is 53.6 Å². The normalized spacial score (nSPS) is 11.0. The van der Waals surface area contributed by atoms with Crippen LogP contribution in [0.5, 0.6) is 16.6 Å². The molecule has 3 aromatic rings. The molecule has 0 aliphatic rings. The Labute approximate surface area is 132 Å². The molecule has 0 N–H and O–H groups in total. The Bertz CT molecular complexity index is 764. The van der Waals surface area contributed by atoms with Gasteiger partial charge in [0.2, 0.25) is 5.06 Å². The van der Waals surface area contributed by atoms with E-state index in [1.165, 1.54) is 11.3 Å². The average Bonchev–Trinajstić information content (AvgIpc) is 2.78. The van der Waals surface area contributed by atoms with E-state index in [0.29, 0.717) is 15.8 Å². The highest BCUT2D eigenvalue weighted by atomic mass is 35.5. The maximum absolute atomic E-state index is 6.41. The van der Waals surface area contributed by atoms with Gasteiger partial charge in [0.05, 0.1) is 6.10 Å². The summed E-state index contributed by atoms with van der Waals surface area (Å²) in [5.41, 5.74) is 0. The summed E-state index contributed by atoms with van der Waals surface area (Å²) in [5.74, 6) is 1.40. The fraction of sp³-hybridized carbons (Fsp3) is 0.176. The van der Waals surface area contributed by atoms with Crippen LogP contribution in [0.25, 0.3) is 10.1 Å². The lowest BCUT2D eigenvalue weighted by Crippen LogP contribution is -2.06. The van der Waals surface area contributed by atoms with Crippen molar-refractivity contribution in [3.63, 3.8) is 0 Å². The zero-order valence-electron chi connectivity index (χ0n) is 11.8.